The summed E-state index contributed by atoms with van der Waals surface area (Å²) in [5.41, 5.74) is 10.6. The van der Waals surface area contributed by atoms with Crippen LogP contribution < -0.4 is 5.73 Å². The highest BCUT2D eigenvalue weighted by Crippen LogP contribution is 2.30. The highest BCUT2D eigenvalue weighted by molar-refractivity contribution is 5.84. The lowest BCUT2D eigenvalue weighted by molar-refractivity contribution is 0.642. The first-order valence-electron chi connectivity index (χ1n) is 8.90. The third kappa shape index (κ3) is 6.35. The Hall–Kier alpha value is -1.83. The molecule has 0 amide bonds. The molecule has 0 bridgehead atoms. The zero-order chi connectivity index (χ0) is 18.9. The molecule has 0 rings (SSSR count). The molecule has 134 valence electrons. The number of allylic oxidation sites excluding steroid dienone is 6. The molecule has 0 heterocycles. The van der Waals surface area contributed by atoms with Gasteiger partial charge in [0.15, 0.2) is 0 Å². The lowest BCUT2D eigenvalue weighted by Gasteiger charge is -2.22. The molecule has 24 heavy (non-hydrogen) atoms. The van der Waals surface area contributed by atoms with E-state index in [9.17, 15) is 0 Å². The Morgan fingerprint density at radius 1 is 1.21 bits per heavy atom. The molecule has 2 atom stereocenters. The zero-order valence-electron chi connectivity index (χ0n) is 16.7. The van der Waals surface area contributed by atoms with Gasteiger partial charge in [-0.15, -0.1) is 0 Å². The van der Waals surface area contributed by atoms with Gasteiger partial charge in [0.05, 0.1) is 5.70 Å². The molecule has 0 aliphatic rings. The zero-order valence-corrected chi connectivity index (χ0v) is 16.7. The van der Waals surface area contributed by atoms with Crippen molar-refractivity contribution in [3.05, 3.63) is 59.9 Å². The van der Waals surface area contributed by atoms with E-state index in [1.807, 2.05) is 19.1 Å². The van der Waals surface area contributed by atoms with Crippen molar-refractivity contribution < 1.29 is 0 Å². The maximum Gasteiger partial charge on any atom is 0.102 e. The molecule has 0 aliphatic carbocycles. The SMILES string of the molecule is C=C/C=C(\C=C/C)C(/N=C(N)C(C)CC)=C(\C)C(C)C(=C)C(C)C. The second kappa shape index (κ2) is 10.9. The van der Waals surface area contributed by atoms with Crippen molar-refractivity contribution in [3.63, 3.8) is 0 Å². The van der Waals surface area contributed by atoms with Crippen molar-refractivity contribution in [3.8, 4) is 0 Å². The Bertz CT molecular complexity index is 557. The van der Waals surface area contributed by atoms with Crippen molar-refractivity contribution in [2.45, 2.75) is 54.9 Å². The molecular formula is C22H36N2. The third-order valence-electron chi connectivity index (χ3n) is 4.60. The predicted molar refractivity (Wildman–Crippen MR) is 110 cm³/mol. The highest BCUT2D eigenvalue weighted by Gasteiger charge is 2.18. The average molecular weight is 329 g/mol. The van der Waals surface area contributed by atoms with E-state index < -0.39 is 0 Å². The van der Waals surface area contributed by atoms with Crippen LogP contribution in [-0.4, -0.2) is 5.84 Å². The molecule has 2 heteroatoms. The largest absolute Gasteiger partial charge is 0.387 e. The lowest BCUT2D eigenvalue weighted by atomic mass is 9.85. The highest BCUT2D eigenvalue weighted by atomic mass is 14.9. The van der Waals surface area contributed by atoms with Crippen LogP contribution in [0.15, 0.2) is 64.9 Å². The molecule has 0 aromatic rings. The molecule has 0 fully saturated rings. The predicted octanol–water partition coefficient (Wildman–Crippen LogP) is 6.20. The molecule has 0 aliphatic heterocycles. The van der Waals surface area contributed by atoms with Crippen LogP contribution >= 0.6 is 0 Å². The Balaban J connectivity index is 6.31. The van der Waals surface area contributed by atoms with Crippen molar-refractivity contribution in [2.24, 2.45) is 28.5 Å². The molecule has 0 saturated carbocycles. The molecule has 2 nitrogen and oxygen atoms in total. The molecule has 0 spiro atoms. The first-order chi connectivity index (χ1) is 11.2. The second-order valence-corrected chi connectivity index (χ2v) is 6.69. The first-order valence-corrected chi connectivity index (χ1v) is 8.90. The van der Waals surface area contributed by atoms with Gasteiger partial charge in [-0.25, -0.2) is 4.99 Å². The number of nitrogens with two attached hydrogens (primary N) is 1. The van der Waals surface area contributed by atoms with Crippen LogP contribution in [0.1, 0.15) is 54.9 Å². The Kier molecular flexibility index (Phi) is 10.0. The maximum absolute atomic E-state index is 6.25. The van der Waals surface area contributed by atoms with Gasteiger partial charge in [0.25, 0.3) is 0 Å². The summed E-state index contributed by atoms with van der Waals surface area (Å²) < 4.78 is 0. The minimum atomic E-state index is 0.243. The summed E-state index contributed by atoms with van der Waals surface area (Å²) in [7, 11) is 0. The molecule has 0 aromatic carbocycles. The van der Waals surface area contributed by atoms with E-state index in [0.29, 0.717) is 11.8 Å². The van der Waals surface area contributed by atoms with Gasteiger partial charge in [0.2, 0.25) is 0 Å². The second-order valence-electron chi connectivity index (χ2n) is 6.69. The minimum absolute atomic E-state index is 0.243. The van der Waals surface area contributed by atoms with E-state index in [1.165, 1.54) is 11.1 Å². The fraction of sp³-hybridized carbons (Fsp3) is 0.500. The van der Waals surface area contributed by atoms with Gasteiger partial charge >= 0.3 is 0 Å². The van der Waals surface area contributed by atoms with Gasteiger partial charge < -0.3 is 5.73 Å². The van der Waals surface area contributed by atoms with Crippen molar-refractivity contribution >= 4 is 5.84 Å². The number of aliphatic imine (C=N–C) groups is 1. The summed E-state index contributed by atoms with van der Waals surface area (Å²) in [5, 5.41) is 0. The fourth-order valence-electron chi connectivity index (χ4n) is 2.33. The van der Waals surface area contributed by atoms with Crippen LogP contribution in [0.5, 0.6) is 0 Å². The summed E-state index contributed by atoms with van der Waals surface area (Å²) in [6, 6.07) is 0. The summed E-state index contributed by atoms with van der Waals surface area (Å²) in [4.78, 5) is 4.81. The molecule has 2 unspecified atom stereocenters. The molecule has 0 aromatic heterocycles. The number of nitrogens with zero attached hydrogens (tertiary/aromatic N) is 1. The van der Waals surface area contributed by atoms with Crippen molar-refractivity contribution in [2.75, 3.05) is 0 Å². The Labute approximate surface area is 149 Å². The molecule has 0 radical (unpaired) electrons. The summed E-state index contributed by atoms with van der Waals surface area (Å²) in [6.45, 7) is 23.0. The number of amidine groups is 1. The van der Waals surface area contributed by atoms with Gasteiger partial charge in [-0.1, -0.05) is 77.7 Å². The maximum atomic E-state index is 6.25. The van der Waals surface area contributed by atoms with Crippen LogP contribution in [0.2, 0.25) is 0 Å². The first kappa shape index (κ1) is 22.2. The van der Waals surface area contributed by atoms with Crippen LogP contribution in [-0.2, 0) is 0 Å². The van der Waals surface area contributed by atoms with Gasteiger partial charge in [-0.3, -0.25) is 0 Å². The standard InChI is InChI=1S/C22H36N2/c1-10-13-20(14-11-2)21(24-22(23)16(6)12-3)19(9)18(8)17(7)15(4)5/h10-11,13-16,18H,1,7,12H2,2-6,8-9H3,(H2,23,24)/b14-11-,20-13+,21-19-. The van der Waals surface area contributed by atoms with Gasteiger partial charge in [0.1, 0.15) is 5.84 Å². The molecule has 2 N–H and O–H groups in total. The van der Waals surface area contributed by atoms with Gasteiger partial charge in [-0.05, 0) is 37.3 Å². The van der Waals surface area contributed by atoms with E-state index >= 15 is 0 Å². The van der Waals surface area contributed by atoms with Gasteiger partial charge in [0, 0.05) is 11.8 Å². The Morgan fingerprint density at radius 2 is 1.79 bits per heavy atom. The van der Waals surface area contributed by atoms with E-state index in [2.05, 4.69) is 60.8 Å². The third-order valence-corrected chi connectivity index (χ3v) is 4.60. The van der Waals surface area contributed by atoms with E-state index in [1.54, 1.807) is 6.08 Å². The lowest BCUT2D eigenvalue weighted by Crippen LogP contribution is -2.21. The number of hydrogen-bond donors (Lipinski definition) is 1. The monoisotopic (exact) mass is 328 g/mol. The normalized spacial score (nSPS) is 17.0. The number of rotatable bonds is 9. The summed E-state index contributed by atoms with van der Waals surface area (Å²) >= 11 is 0. The summed E-state index contributed by atoms with van der Waals surface area (Å²) in [6.07, 6.45) is 8.81. The van der Waals surface area contributed by atoms with Crippen LogP contribution in [0.3, 0.4) is 0 Å². The number of hydrogen-bond acceptors (Lipinski definition) is 1. The quantitative estimate of drug-likeness (QED) is 0.233. The van der Waals surface area contributed by atoms with E-state index in [0.717, 1.165) is 17.7 Å². The van der Waals surface area contributed by atoms with E-state index in [-0.39, 0.29) is 11.8 Å². The Morgan fingerprint density at radius 3 is 2.21 bits per heavy atom. The van der Waals surface area contributed by atoms with Crippen LogP contribution in [0.25, 0.3) is 0 Å². The molecule has 0 saturated heterocycles. The minimum Gasteiger partial charge on any atom is -0.387 e. The van der Waals surface area contributed by atoms with Crippen LogP contribution in [0, 0.1) is 17.8 Å². The smallest absolute Gasteiger partial charge is 0.102 e. The fourth-order valence-corrected chi connectivity index (χ4v) is 2.33. The average Bonchev–Trinajstić information content (AvgIpc) is 2.56. The van der Waals surface area contributed by atoms with Crippen molar-refractivity contribution in [1.29, 1.82) is 0 Å². The molecular weight excluding hydrogens is 292 g/mol. The van der Waals surface area contributed by atoms with Crippen molar-refractivity contribution in [1.82, 2.24) is 0 Å². The topological polar surface area (TPSA) is 38.4 Å². The van der Waals surface area contributed by atoms with E-state index in [4.69, 9.17) is 10.7 Å². The van der Waals surface area contributed by atoms with Crippen LogP contribution in [0.4, 0.5) is 0 Å². The summed E-state index contributed by atoms with van der Waals surface area (Å²) in [5.74, 6) is 1.60. The van der Waals surface area contributed by atoms with Gasteiger partial charge in [-0.2, -0.15) is 0 Å².